The summed E-state index contributed by atoms with van der Waals surface area (Å²) in [5.41, 5.74) is 0. The molecule has 5 heteroatoms. The van der Waals surface area contributed by atoms with E-state index in [0.29, 0.717) is 6.61 Å². The first-order valence-corrected chi connectivity index (χ1v) is 3.29. The van der Waals surface area contributed by atoms with Crippen molar-refractivity contribution in [1.82, 2.24) is 0 Å². The molecule has 1 fully saturated rings. The maximum Gasteiger partial charge on any atom is 0.332 e. The highest BCUT2D eigenvalue weighted by molar-refractivity contribution is 5.81. The van der Waals surface area contributed by atoms with Crippen molar-refractivity contribution in [3.05, 3.63) is 12.7 Å². The van der Waals surface area contributed by atoms with Crippen molar-refractivity contribution in [1.29, 1.82) is 0 Å². The van der Waals surface area contributed by atoms with Crippen molar-refractivity contribution < 1.29 is 19.1 Å². The first-order chi connectivity index (χ1) is 5.77. The lowest BCUT2D eigenvalue weighted by Crippen LogP contribution is -2.20. The summed E-state index contributed by atoms with van der Waals surface area (Å²) >= 11 is 0. The van der Waals surface area contributed by atoms with Crippen LogP contribution in [0.3, 0.4) is 0 Å². The van der Waals surface area contributed by atoms with E-state index in [0.717, 1.165) is 6.08 Å². The van der Waals surface area contributed by atoms with Crippen molar-refractivity contribution in [2.75, 3.05) is 6.61 Å². The van der Waals surface area contributed by atoms with Crippen molar-refractivity contribution in [3.63, 3.8) is 0 Å². The molecule has 1 heterocycles. The lowest BCUT2D eigenvalue weighted by atomic mass is 10.4. The van der Waals surface area contributed by atoms with E-state index in [9.17, 15) is 9.59 Å². The van der Waals surface area contributed by atoms with Gasteiger partial charge in [0, 0.05) is 6.08 Å². The zero-order valence-electron chi connectivity index (χ0n) is 6.23. The van der Waals surface area contributed by atoms with Crippen LogP contribution in [0.15, 0.2) is 17.6 Å². The van der Waals surface area contributed by atoms with Gasteiger partial charge in [-0.15, -0.1) is 0 Å². The Bertz CT molecular complexity index is 240. The Hall–Kier alpha value is -1.45. The second kappa shape index (κ2) is 3.80. The van der Waals surface area contributed by atoms with Crippen LogP contribution in [0.1, 0.15) is 0 Å². The molecule has 0 radical (unpaired) electrons. The molecule has 0 amide bonds. The van der Waals surface area contributed by atoms with Crippen LogP contribution in [0.5, 0.6) is 0 Å². The molecule has 1 aliphatic heterocycles. The van der Waals surface area contributed by atoms with E-state index in [4.69, 9.17) is 4.74 Å². The van der Waals surface area contributed by atoms with Gasteiger partial charge in [0.2, 0.25) is 12.3 Å². The molecule has 0 N–H and O–H groups in total. The highest BCUT2D eigenvalue weighted by Crippen LogP contribution is 2.17. The van der Waals surface area contributed by atoms with E-state index in [2.05, 4.69) is 16.3 Å². The molecule has 12 heavy (non-hydrogen) atoms. The molecule has 0 saturated carbocycles. The van der Waals surface area contributed by atoms with Gasteiger partial charge in [-0.3, -0.25) is 0 Å². The zero-order valence-corrected chi connectivity index (χ0v) is 6.23. The van der Waals surface area contributed by atoms with Gasteiger partial charge in [0.25, 0.3) is 0 Å². The molecule has 0 aromatic heterocycles. The highest BCUT2D eigenvalue weighted by Gasteiger charge is 2.35. The second-order valence-corrected chi connectivity index (χ2v) is 2.12. The second-order valence-electron chi connectivity index (χ2n) is 2.12. The van der Waals surface area contributed by atoms with E-state index in [1.54, 1.807) is 0 Å². The Balaban J connectivity index is 2.47. The van der Waals surface area contributed by atoms with Crippen LogP contribution >= 0.6 is 0 Å². The van der Waals surface area contributed by atoms with Gasteiger partial charge in [0.1, 0.15) is 6.10 Å². The van der Waals surface area contributed by atoms with Gasteiger partial charge in [0.15, 0.2) is 0 Å². The number of rotatable bonds is 4. The van der Waals surface area contributed by atoms with E-state index in [1.165, 1.54) is 6.08 Å². The Labute approximate surface area is 68.7 Å². The fraction of sp³-hybridized carbons (Fsp3) is 0.429. The van der Waals surface area contributed by atoms with Gasteiger partial charge in [-0.2, -0.15) is 4.99 Å². The van der Waals surface area contributed by atoms with Crippen molar-refractivity contribution in [3.8, 4) is 0 Å². The fourth-order valence-electron chi connectivity index (χ4n) is 0.625. The molecule has 0 aromatic carbocycles. The molecule has 1 rings (SSSR count). The van der Waals surface area contributed by atoms with Crippen LogP contribution in [-0.4, -0.2) is 31.0 Å². The average Bonchev–Trinajstić information content (AvgIpc) is 2.86. The SMILES string of the molecule is C=CC(=O)OC(N=C=O)C1CO1. The van der Waals surface area contributed by atoms with Gasteiger partial charge in [-0.25, -0.2) is 9.59 Å². The number of isocyanates is 1. The van der Waals surface area contributed by atoms with Gasteiger partial charge in [-0.05, 0) is 0 Å². The number of carbonyl (C=O) groups excluding carboxylic acids is 2. The van der Waals surface area contributed by atoms with Crippen molar-refractivity contribution in [2.45, 2.75) is 12.3 Å². The maximum atomic E-state index is 10.6. The van der Waals surface area contributed by atoms with Crippen molar-refractivity contribution >= 4 is 12.0 Å². The predicted octanol–water partition coefficient (Wildman–Crippen LogP) is -0.224. The molecular weight excluding hydrogens is 162 g/mol. The number of nitrogens with zero attached hydrogens (tertiary/aromatic N) is 1. The standard InChI is InChI=1S/C7H7NO4/c1-2-6(10)12-7(8-4-9)5-3-11-5/h2,5,7H,1,3H2. The average molecular weight is 169 g/mol. The minimum Gasteiger partial charge on any atom is -0.433 e. The van der Waals surface area contributed by atoms with Crippen LogP contribution in [0.2, 0.25) is 0 Å². The first kappa shape index (κ1) is 8.64. The van der Waals surface area contributed by atoms with Gasteiger partial charge in [-0.1, -0.05) is 6.58 Å². The molecule has 5 nitrogen and oxygen atoms in total. The molecule has 1 saturated heterocycles. The van der Waals surface area contributed by atoms with Gasteiger partial charge in [0.05, 0.1) is 6.61 Å². The lowest BCUT2D eigenvalue weighted by molar-refractivity contribution is -0.143. The summed E-state index contributed by atoms with van der Waals surface area (Å²) in [6.45, 7) is 3.64. The van der Waals surface area contributed by atoms with Gasteiger partial charge < -0.3 is 9.47 Å². The monoisotopic (exact) mass is 169 g/mol. The number of hydrogen-bond acceptors (Lipinski definition) is 5. The van der Waals surface area contributed by atoms with E-state index >= 15 is 0 Å². The van der Waals surface area contributed by atoms with Crippen LogP contribution in [0, 0.1) is 0 Å². The molecular formula is C7H7NO4. The number of esters is 1. The molecule has 2 unspecified atom stereocenters. The first-order valence-electron chi connectivity index (χ1n) is 3.29. The number of hydrogen-bond donors (Lipinski definition) is 0. The minimum atomic E-state index is -0.868. The summed E-state index contributed by atoms with van der Waals surface area (Å²) in [5.74, 6) is -0.630. The normalized spacial score (nSPS) is 21.8. The molecule has 0 bridgehead atoms. The van der Waals surface area contributed by atoms with E-state index < -0.39 is 12.2 Å². The zero-order chi connectivity index (χ0) is 8.97. The summed E-state index contributed by atoms with van der Waals surface area (Å²) in [5, 5.41) is 0. The van der Waals surface area contributed by atoms with E-state index in [-0.39, 0.29) is 6.10 Å². The van der Waals surface area contributed by atoms with Crippen LogP contribution in [0.4, 0.5) is 0 Å². The molecule has 2 atom stereocenters. The number of epoxide rings is 1. The molecule has 1 aliphatic rings. The third-order valence-corrected chi connectivity index (χ3v) is 1.26. The summed E-state index contributed by atoms with van der Waals surface area (Å²) < 4.78 is 9.44. The van der Waals surface area contributed by atoms with Gasteiger partial charge >= 0.3 is 5.97 Å². The van der Waals surface area contributed by atoms with Crippen LogP contribution in [0.25, 0.3) is 0 Å². The van der Waals surface area contributed by atoms with Crippen LogP contribution in [-0.2, 0) is 19.1 Å². The molecule has 0 aromatic rings. The smallest absolute Gasteiger partial charge is 0.332 e. The van der Waals surface area contributed by atoms with E-state index in [1.807, 2.05) is 0 Å². The fourth-order valence-corrected chi connectivity index (χ4v) is 0.625. The third-order valence-electron chi connectivity index (χ3n) is 1.26. The predicted molar refractivity (Wildman–Crippen MR) is 37.9 cm³/mol. The maximum absolute atomic E-state index is 10.6. The quantitative estimate of drug-likeness (QED) is 0.192. The van der Waals surface area contributed by atoms with Crippen molar-refractivity contribution in [2.24, 2.45) is 4.99 Å². The molecule has 0 aliphatic carbocycles. The summed E-state index contributed by atoms with van der Waals surface area (Å²) in [7, 11) is 0. The molecule has 64 valence electrons. The summed E-state index contributed by atoms with van der Waals surface area (Å²) in [4.78, 5) is 23.7. The summed E-state index contributed by atoms with van der Waals surface area (Å²) in [6, 6.07) is 0. The number of aliphatic imine (C=N–C) groups is 1. The Morgan fingerprint density at radius 1 is 1.92 bits per heavy atom. The topological polar surface area (TPSA) is 68.3 Å². The number of carbonyl (C=O) groups is 1. The number of ether oxygens (including phenoxy) is 2. The Morgan fingerprint density at radius 3 is 3.00 bits per heavy atom. The lowest BCUT2D eigenvalue weighted by Gasteiger charge is -2.06. The third kappa shape index (κ3) is 2.30. The Kier molecular flexibility index (Phi) is 2.74. The highest BCUT2D eigenvalue weighted by atomic mass is 16.6. The Morgan fingerprint density at radius 2 is 2.58 bits per heavy atom. The summed E-state index contributed by atoms with van der Waals surface area (Å²) in [6.07, 6.45) is 1.13. The molecule has 0 spiro atoms. The van der Waals surface area contributed by atoms with Crippen LogP contribution < -0.4 is 0 Å². The minimum absolute atomic E-state index is 0.296. The largest absolute Gasteiger partial charge is 0.433 e.